The van der Waals surface area contributed by atoms with Gasteiger partial charge in [-0.2, -0.15) is 0 Å². The van der Waals surface area contributed by atoms with Gasteiger partial charge in [0.25, 0.3) is 0 Å². The molecular weight excluding hydrogens is 546 g/mol. The van der Waals surface area contributed by atoms with Gasteiger partial charge in [0.15, 0.2) is 34.7 Å². The van der Waals surface area contributed by atoms with Crippen molar-refractivity contribution >= 4 is 46.3 Å². The van der Waals surface area contributed by atoms with Gasteiger partial charge in [0.1, 0.15) is 5.75 Å². The fraction of sp³-hybridized carbons (Fsp3) is 0.586. The normalized spacial score (nSPS) is 30.8. The molecule has 13 nitrogen and oxygen atoms in total. The number of ketones is 4. The Morgan fingerprint density at radius 1 is 1.10 bits per heavy atom. The number of hydrogen-bond acceptors (Lipinski definition) is 11. The van der Waals surface area contributed by atoms with Gasteiger partial charge >= 0.3 is 0 Å². The van der Waals surface area contributed by atoms with Gasteiger partial charge in [-0.05, 0) is 57.3 Å². The number of aromatic hydroxyl groups is 1. The third-order valence-electron chi connectivity index (χ3n) is 9.45. The molecule has 0 radical (unpaired) electrons. The first-order valence-electron chi connectivity index (χ1n) is 14.1. The lowest BCUT2D eigenvalue weighted by Gasteiger charge is -2.52. The Balaban J connectivity index is 1.55. The molecule has 0 bridgehead atoms. The fourth-order valence-electron chi connectivity index (χ4n) is 7.19. The van der Waals surface area contributed by atoms with Gasteiger partial charge in [-0.1, -0.05) is 6.42 Å². The molecule has 0 heterocycles. The number of benzene rings is 1. The molecule has 226 valence electrons. The van der Waals surface area contributed by atoms with E-state index in [4.69, 9.17) is 5.73 Å². The molecule has 3 saturated carbocycles. The van der Waals surface area contributed by atoms with E-state index in [-0.39, 0.29) is 36.7 Å². The molecule has 5 rings (SSSR count). The number of nitrogens with two attached hydrogens (primary N) is 1. The highest BCUT2D eigenvalue weighted by atomic mass is 16.3. The molecule has 6 N–H and O–H groups in total. The van der Waals surface area contributed by atoms with Crippen LogP contribution in [0.3, 0.4) is 0 Å². The summed E-state index contributed by atoms with van der Waals surface area (Å²) in [5, 5.41) is 28.8. The molecule has 6 atom stereocenters. The summed E-state index contributed by atoms with van der Waals surface area (Å²) in [4.78, 5) is 82.7. The number of hydrogen-bond donors (Lipinski definition) is 5. The molecule has 4 unspecified atom stereocenters. The average Bonchev–Trinajstić information content (AvgIpc) is 2.86. The molecular formula is C29H37N5O8. The van der Waals surface area contributed by atoms with Crippen LogP contribution in [-0.4, -0.2) is 102 Å². The van der Waals surface area contributed by atoms with E-state index in [1.165, 1.54) is 19.0 Å². The number of fused-ring (bicyclic) bond motifs is 3. The van der Waals surface area contributed by atoms with Crippen molar-refractivity contribution in [2.75, 3.05) is 45.0 Å². The molecule has 4 aliphatic rings. The van der Waals surface area contributed by atoms with Crippen molar-refractivity contribution in [3.63, 3.8) is 0 Å². The first kappa shape index (κ1) is 29.8. The van der Waals surface area contributed by atoms with Gasteiger partial charge in [0, 0.05) is 31.7 Å². The fourth-order valence-corrected chi connectivity index (χ4v) is 7.19. The zero-order valence-corrected chi connectivity index (χ0v) is 24.1. The van der Waals surface area contributed by atoms with Gasteiger partial charge in [0.2, 0.25) is 11.8 Å². The third kappa shape index (κ3) is 4.41. The molecule has 0 spiro atoms. The van der Waals surface area contributed by atoms with E-state index in [1.807, 2.05) is 0 Å². The Hall–Kier alpha value is -3.68. The smallest absolute Gasteiger partial charge is 0.238 e. The summed E-state index contributed by atoms with van der Waals surface area (Å²) in [6, 6.07) is 0.659. The van der Waals surface area contributed by atoms with Gasteiger partial charge < -0.3 is 31.5 Å². The van der Waals surface area contributed by atoms with E-state index in [0.717, 1.165) is 19.3 Å². The number of nitrogens with zero attached hydrogens (tertiary/aromatic N) is 2. The van der Waals surface area contributed by atoms with Crippen LogP contribution in [0.15, 0.2) is 6.07 Å². The summed E-state index contributed by atoms with van der Waals surface area (Å²) in [7, 11) is 6.55. The highest BCUT2D eigenvalue weighted by molar-refractivity contribution is 6.32. The monoisotopic (exact) mass is 583 g/mol. The van der Waals surface area contributed by atoms with Crippen LogP contribution in [0.1, 0.15) is 41.6 Å². The van der Waals surface area contributed by atoms with Gasteiger partial charge in [-0.15, -0.1) is 0 Å². The van der Waals surface area contributed by atoms with Gasteiger partial charge in [0.05, 0.1) is 29.8 Å². The van der Waals surface area contributed by atoms with Crippen molar-refractivity contribution in [3.05, 3.63) is 17.2 Å². The second-order valence-electron chi connectivity index (χ2n) is 12.4. The van der Waals surface area contributed by atoms with Crippen molar-refractivity contribution in [1.82, 2.24) is 10.2 Å². The molecule has 1 aromatic rings. The second kappa shape index (κ2) is 10.5. The van der Waals surface area contributed by atoms with Crippen LogP contribution in [0.2, 0.25) is 0 Å². The highest BCUT2D eigenvalue weighted by Gasteiger charge is 2.69. The van der Waals surface area contributed by atoms with Crippen molar-refractivity contribution in [3.8, 4) is 5.75 Å². The number of likely N-dealkylation sites (N-methyl/N-ethyl adjacent to an activating group) is 1. The molecule has 0 saturated heterocycles. The number of carbonyl (C=O) groups is 6. The molecule has 3 fully saturated rings. The molecule has 0 aromatic heterocycles. The quantitative estimate of drug-likeness (QED) is 0.195. The largest absolute Gasteiger partial charge is 0.505 e. The maximum Gasteiger partial charge on any atom is 0.238 e. The van der Waals surface area contributed by atoms with Crippen molar-refractivity contribution in [2.24, 2.45) is 29.4 Å². The summed E-state index contributed by atoms with van der Waals surface area (Å²) in [5.41, 5.74) is 3.38. The Labute approximate surface area is 242 Å². The predicted octanol–water partition coefficient (Wildman–Crippen LogP) is -0.986. The number of primary amides is 1. The van der Waals surface area contributed by atoms with Gasteiger partial charge in [-0.25, -0.2) is 0 Å². The first-order valence-corrected chi connectivity index (χ1v) is 14.1. The first-order chi connectivity index (χ1) is 19.7. The van der Waals surface area contributed by atoms with E-state index in [0.29, 0.717) is 11.3 Å². The van der Waals surface area contributed by atoms with Crippen LogP contribution in [0.4, 0.5) is 11.4 Å². The molecule has 42 heavy (non-hydrogen) atoms. The van der Waals surface area contributed by atoms with Crippen molar-refractivity contribution in [1.29, 1.82) is 0 Å². The summed E-state index contributed by atoms with van der Waals surface area (Å²) in [6.45, 7) is 0.0128. The predicted molar refractivity (Wildman–Crippen MR) is 150 cm³/mol. The lowest BCUT2D eigenvalue weighted by Crippen LogP contribution is -2.74. The second-order valence-corrected chi connectivity index (χ2v) is 12.4. The molecule has 1 aromatic carbocycles. The number of amides is 2. The molecule has 13 heteroatoms. The number of nitrogens with one attached hydrogen (secondary N) is 2. The Kier molecular flexibility index (Phi) is 7.48. The van der Waals surface area contributed by atoms with E-state index < -0.39 is 76.0 Å². The number of carbonyl (C=O) groups excluding carboxylic acids is 6. The lowest BCUT2D eigenvalue weighted by atomic mass is 9.52. The Morgan fingerprint density at radius 3 is 2.31 bits per heavy atom. The number of phenolic OH excluding ortho intramolecular Hbond substituents is 1. The van der Waals surface area contributed by atoms with Crippen LogP contribution in [0.25, 0.3) is 0 Å². The van der Waals surface area contributed by atoms with E-state index in [1.54, 1.807) is 25.1 Å². The maximum atomic E-state index is 14.1. The minimum absolute atomic E-state index is 0.00897. The Morgan fingerprint density at radius 2 is 1.76 bits per heavy atom. The Bertz CT molecular complexity index is 1400. The van der Waals surface area contributed by atoms with E-state index in [9.17, 15) is 39.0 Å². The zero-order chi connectivity index (χ0) is 30.8. The standard InChI is InChI=1S/C29H37N5O8/c1-33(2)17-10-16(32-18(35)11-31-13-6-5-7-13)23(36)20-14(17)8-12-9-15-22(34(3)4)25(38)21(28(30)41)27(40)29(15,42)26(39)19(12)24(20)37/h10,12-13,15,19,21-22,31,36,42H,5-9,11H2,1-4H3,(H2,30,41)(H,32,35)/t12?,15?,19?,21?,22-,29-/m0/s1. The van der Waals surface area contributed by atoms with Crippen LogP contribution < -0.4 is 21.3 Å². The summed E-state index contributed by atoms with van der Waals surface area (Å²) >= 11 is 0. The third-order valence-corrected chi connectivity index (χ3v) is 9.45. The van der Waals surface area contributed by atoms with Crippen molar-refractivity contribution in [2.45, 2.75) is 49.8 Å². The number of rotatable bonds is 7. The summed E-state index contributed by atoms with van der Waals surface area (Å²) in [6.07, 6.45) is 3.14. The van der Waals surface area contributed by atoms with Crippen LogP contribution in [-0.2, 0) is 30.4 Å². The molecule has 4 aliphatic carbocycles. The number of aliphatic hydroxyl groups is 1. The minimum atomic E-state index is -2.80. The topological polar surface area (TPSA) is 199 Å². The zero-order valence-electron chi connectivity index (χ0n) is 24.1. The number of anilines is 2. The summed E-state index contributed by atoms with van der Waals surface area (Å²) in [5.74, 6) is -11.7. The summed E-state index contributed by atoms with van der Waals surface area (Å²) < 4.78 is 0. The average molecular weight is 584 g/mol. The van der Waals surface area contributed by atoms with Crippen molar-refractivity contribution < 1.29 is 39.0 Å². The molecule has 2 amide bonds. The van der Waals surface area contributed by atoms with Crippen LogP contribution in [0, 0.1) is 23.7 Å². The van der Waals surface area contributed by atoms with Crippen LogP contribution >= 0.6 is 0 Å². The number of phenols is 1. The highest BCUT2D eigenvalue weighted by Crippen LogP contribution is 2.52. The SMILES string of the molecule is CN(C)c1cc(NC(=O)CNC2CCC2)c(O)c2c1CC1CC3[C@H](N(C)C)C(=O)C(C(N)=O)C(=O)[C@@]3(O)C(=O)C1C2=O. The number of Topliss-reactive ketones (excluding diaryl/α,β-unsaturated/α-hetero) is 4. The van der Waals surface area contributed by atoms with E-state index in [2.05, 4.69) is 10.6 Å². The minimum Gasteiger partial charge on any atom is -0.505 e. The van der Waals surface area contributed by atoms with Crippen LogP contribution in [0.5, 0.6) is 5.75 Å². The molecule has 0 aliphatic heterocycles. The lowest BCUT2D eigenvalue weighted by molar-refractivity contribution is -0.181. The van der Waals surface area contributed by atoms with E-state index >= 15 is 0 Å². The maximum absolute atomic E-state index is 14.1. The van der Waals surface area contributed by atoms with Gasteiger partial charge in [-0.3, -0.25) is 33.7 Å².